The third-order valence-electron chi connectivity index (χ3n) is 8.22. The van der Waals surface area contributed by atoms with Crippen LogP contribution >= 0.6 is 7.82 Å². The Hall–Kier alpha value is -1.84. The number of hydrogen-bond acceptors (Lipinski definition) is 8. The number of aliphatic hydroxyl groups excluding tert-OH is 2. The van der Waals surface area contributed by atoms with Crippen LogP contribution in [0.4, 0.5) is 0 Å². The van der Waals surface area contributed by atoms with Crippen LogP contribution in [0.2, 0.25) is 0 Å². The molecule has 302 valence electrons. The molecule has 0 aliphatic carbocycles. The van der Waals surface area contributed by atoms with Gasteiger partial charge in [-0.15, -0.1) is 0 Å². The highest BCUT2D eigenvalue weighted by atomic mass is 31.2. The van der Waals surface area contributed by atoms with E-state index in [1.165, 1.54) is 51.4 Å². The summed E-state index contributed by atoms with van der Waals surface area (Å²) in [4.78, 5) is 22.5. The van der Waals surface area contributed by atoms with Crippen LogP contribution < -0.4 is 0 Å². The molecular formula is C42H75O9P. The third kappa shape index (κ3) is 37.9. The average molecular weight is 755 g/mol. The number of phosphoric ester groups is 1. The molecule has 0 aromatic heterocycles. The van der Waals surface area contributed by atoms with Crippen LogP contribution in [0, 0.1) is 0 Å². The van der Waals surface area contributed by atoms with Gasteiger partial charge in [-0.1, -0.05) is 152 Å². The number of ether oxygens (including phenoxy) is 2. The molecule has 0 spiro atoms. The first-order chi connectivity index (χ1) is 25.3. The summed E-state index contributed by atoms with van der Waals surface area (Å²) in [7, 11) is -4.51. The van der Waals surface area contributed by atoms with Crippen molar-refractivity contribution in [3.8, 4) is 0 Å². The van der Waals surface area contributed by atoms with Gasteiger partial charge in [0.05, 0.1) is 26.4 Å². The molecule has 0 saturated carbocycles. The van der Waals surface area contributed by atoms with Gasteiger partial charge in [0.25, 0.3) is 0 Å². The van der Waals surface area contributed by atoms with Gasteiger partial charge in [0.1, 0.15) is 12.2 Å². The van der Waals surface area contributed by atoms with Crippen molar-refractivity contribution in [3.05, 3.63) is 60.8 Å². The summed E-state index contributed by atoms with van der Waals surface area (Å²) in [6.45, 7) is 3.35. The molecule has 0 bridgehead atoms. The monoisotopic (exact) mass is 755 g/mol. The van der Waals surface area contributed by atoms with E-state index in [1.54, 1.807) is 0 Å². The summed E-state index contributed by atoms with van der Waals surface area (Å²) in [5.74, 6) is -0.397. The molecule has 0 aromatic rings. The van der Waals surface area contributed by atoms with Crippen molar-refractivity contribution in [2.75, 3.05) is 33.0 Å². The zero-order chi connectivity index (χ0) is 38.2. The van der Waals surface area contributed by atoms with Crippen LogP contribution in [0.15, 0.2) is 60.8 Å². The maximum atomic E-state index is 12.6. The van der Waals surface area contributed by atoms with Gasteiger partial charge in [0.2, 0.25) is 0 Å². The van der Waals surface area contributed by atoms with E-state index in [1.807, 2.05) is 0 Å². The fourth-order valence-electron chi connectivity index (χ4n) is 5.15. The summed E-state index contributed by atoms with van der Waals surface area (Å²) >= 11 is 0. The Bertz CT molecular complexity index is 992. The van der Waals surface area contributed by atoms with Crippen LogP contribution in [-0.2, 0) is 27.9 Å². The Morgan fingerprint density at radius 1 is 0.615 bits per heavy atom. The minimum atomic E-state index is -4.51. The Morgan fingerprint density at radius 3 is 1.65 bits per heavy atom. The van der Waals surface area contributed by atoms with Crippen LogP contribution in [0.3, 0.4) is 0 Å². The van der Waals surface area contributed by atoms with Gasteiger partial charge < -0.3 is 24.6 Å². The zero-order valence-electron chi connectivity index (χ0n) is 32.8. The van der Waals surface area contributed by atoms with Gasteiger partial charge in [0, 0.05) is 13.0 Å². The van der Waals surface area contributed by atoms with Crippen LogP contribution in [0.25, 0.3) is 0 Å². The number of rotatable bonds is 38. The lowest BCUT2D eigenvalue weighted by molar-refractivity contribution is -0.154. The topological polar surface area (TPSA) is 132 Å². The van der Waals surface area contributed by atoms with Gasteiger partial charge in [-0.05, 0) is 57.8 Å². The van der Waals surface area contributed by atoms with Gasteiger partial charge in [-0.25, -0.2) is 4.57 Å². The van der Waals surface area contributed by atoms with Gasteiger partial charge in [0.15, 0.2) is 0 Å². The fraction of sp³-hybridized carbons (Fsp3) is 0.738. The first-order valence-corrected chi connectivity index (χ1v) is 21.8. The Labute approximate surface area is 317 Å². The minimum Gasteiger partial charge on any atom is -0.457 e. The van der Waals surface area contributed by atoms with E-state index < -0.39 is 39.2 Å². The maximum Gasteiger partial charge on any atom is 0.472 e. The normalized spacial score (nSPS) is 14.8. The average Bonchev–Trinajstić information content (AvgIpc) is 3.13. The Morgan fingerprint density at radius 2 is 1.10 bits per heavy atom. The van der Waals surface area contributed by atoms with E-state index in [2.05, 4.69) is 74.6 Å². The van der Waals surface area contributed by atoms with Crippen molar-refractivity contribution in [3.63, 3.8) is 0 Å². The molecule has 9 nitrogen and oxygen atoms in total. The number of carbonyl (C=O) groups is 1. The lowest BCUT2D eigenvalue weighted by Gasteiger charge is -2.20. The second-order valence-electron chi connectivity index (χ2n) is 13.3. The highest BCUT2D eigenvalue weighted by Gasteiger charge is 2.26. The van der Waals surface area contributed by atoms with Crippen LogP contribution in [0.1, 0.15) is 155 Å². The second kappa shape index (κ2) is 38.9. The number of aliphatic hydroxyl groups is 2. The molecular weight excluding hydrogens is 679 g/mol. The van der Waals surface area contributed by atoms with Crippen molar-refractivity contribution < 1.29 is 43.0 Å². The van der Waals surface area contributed by atoms with Gasteiger partial charge in [-0.3, -0.25) is 13.8 Å². The summed E-state index contributed by atoms with van der Waals surface area (Å²) in [5.41, 5.74) is 0. The van der Waals surface area contributed by atoms with Gasteiger partial charge >= 0.3 is 13.8 Å². The zero-order valence-corrected chi connectivity index (χ0v) is 33.7. The van der Waals surface area contributed by atoms with Gasteiger partial charge in [-0.2, -0.15) is 0 Å². The number of esters is 1. The highest BCUT2D eigenvalue weighted by Crippen LogP contribution is 2.43. The van der Waals surface area contributed by atoms with E-state index in [0.717, 1.165) is 77.0 Å². The SMILES string of the molecule is CC/C=C\C/C=C\C/C=C\C/C=C\C/C=C\CCCCCCCCCC(=O)OC(COCCCCCCCCCC)COP(=O)(O)OCC(O)CO. The molecule has 0 aliphatic heterocycles. The van der Waals surface area contributed by atoms with Crippen molar-refractivity contribution in [1.82, 2.24) is 0 Å². The van der Waals surface area contributed by atoms with E-state index in [4.69, 9.17) is 23.6 Å². The number of hydrogen-bond donors (Lipinski definition) is 3. The smallest absolute Gasteiger partial charge is 0.457 e. The molecule has 10 heteroatoms. The van der Waals surface area contributed by atoms with Crippen LogP contribution in [0.5, 0.6) is 0 Å². The maximum absolute atomic E-state index is 12.6. The van der Waals surface area contributed by atoms with Crippen LogP contribution in [-0.4, -0.2) is 66.3 Å². The molecule has 0 rings (SSSR count). The lowest BCUT2D eigenvalue weighted by atomic mass is 10.1. The van der Waals surface area contributed by atoms with E-state index in [9.17, 15) is 19.4 Å². The molecule has 3 atom stereocenters. The largest absolute Gasteiger partial charge is 0.472 e. The first kappa shape index (κ1) is 50.2. The number of phosphoric acid groups is 1. The number of carbonyl (C=O) groups excluding carboxylic acids is 1. The summed E-state index contributed by atoms with van der Waals surface area (Å²) in [5, 5.41) is 18.3. The molecule has 3 unspecified atom stereocenters. The molecule has 0 aromatic carbocycles. The van der Waals surface area contributed by atoms with Crippen molar-refractivity contribution in [1.29, 1.82) is 0 Å². The molecule has 0 fully saturated rings. The standard InChI is InChI=1S/C42H75O9P/c1-3-5-7-9-11-13-14-15-16-17-18-19-20-21-22-23-24-25-26-27-28-30-32-34-42(45)51-41(39-50-52(46,47)49-37-40(44)36-43)38-48-35-33-31-29-12-10-8-6-4-2/h5,7,11,13,15-16,18-19,21-22,40-41,43-44H,3-4,6,8-10,12,14,17,20,23-39H2,1-2H3,(H,46,47)/b7-5-,13-11-,16-15-,19-18-,22-21-. The number of allylic oxidation sites excluding steroid dienone is 10. The second-order valence-corrected chi connectivity index (χ2v) is 14.7. The molecule has 52 heavy (non-hydrogen) atoms. The van der Waals surface area contributed by atoms with E-state index >= 15 is 0 Å². The predicted molar refractivity (Wildman–Crippen MR) is 214 cm³/mol. The first-order valence-electron chi connectivity index (χ1n) is 20.3. The molecule has 0 radical (unpaired) electrons. The molecule has 3 N–H and O–H groups in total. The van der Waals surface area contributed by atoms with Crippen molar-refractivity contribution >= 4 is 13.8 Å². The Kier molecular flexibility index (Phi) is 37.5. The quantitative estimate of drug-likeness (QED) is 0.0244. The molecule has 0 saturated heterocycles. The summed E-state index contributed by atoms with van der Waals surface area (Å²) in [6.07, 6.45) is 43.3. The van der Waals surface area contributed by atoms with E-state index in [0.29, 0.717) is 13.0 Å². The number of unbranched alkanes of at least 4 members (excludes halogenated alkanes) is 14. The molecule has 0 amide bonds. The fourth-order valence-corrected chi connectivity index (χ4v) is 5.93. The van der Waals surface area contributed by atoms with E-state index in [-0.39, 0.29) is 19.6 Å². The van der Waals surface area contributed by atoms with Crippen molar-refractivity contribution in [2.45, 2.75) is 167 Å². The summed E-state index contributed by atoms with van der Waals surface area (Å²) in [6, 6.07) is 0. The Balaban J connectivity index is 4.12. The lowest BCUT2D eigenvalue weighted by Crippen LogP contribution is -2.29. The molecule has 0 heterocycles. The summed E-state index contributed by atoms with van der Waals surface area (Å²) < 4.78 is 33.2. The predicted octanol–water partition coefficient (Wildman–Crippen LogP) is 10.8. The highest BCUT2D eigenvalue weighted by molar-refractivity contribution is 7.47. The third-order valence-corrected chi connectivity index (χ3v) is 9.17. The van der Waals surface area contributed by atoms with Crippen molar-refractivity contribution in [2.24, 2.45) is 0 Å². The minimum absolute atomic E-state index is 0.0428. The molecule has 0 aliphatic rings.